The molecular formula is C19H24N2. The summed E-state index contributed by atoms with van der Waals surface area (Å²) >= 11 is 0. The number of aryl methyl sites for hydroxylation is 1. The smallest absolute Gasteiger partial charge is 0.0726 e. The van der Waals surface area contributed by atoms with Gasteiger partial charge in [-0.15, -0.1) is 0 Å². The Morgan fingerprint density at radius 2 is 1.95 bits per heavy atom. The number of para-hydroxylation sites is 1. The summed E-state index contributed by atoms with van der Waals surface area (Å²) in [6, 6.07) is 8.59. The molecule has 4 rings (SSSR count). The Kier molecular flexibility index (Phi) is 3.13. The molecular weight excluding hydrogens is 256 g/mol. The fourth-order valence-electron chi connectivity index (χ4n) is 4.48. The molecule has 0 radical (unpaired) electrons. The number of hydrogen-bond donors (Lipinski definition) is 1. The van der Waals surface area contributed by atoms with Gasteiger partial charge in [0, 0.05) is 23.3 Å². The Morgan fingerprint density at radius 1 is 1.14 bits per heavy atom. The van der Waals surface area contributed by atoms with E-state index in [0.717, 1.165) is 12.1 Å². The first-order chi connectivity index (χ1) is 10.3. The number of aromatic nitrogens is 1. The van der Waals surface area contributed by atoms with Crippen molar-refractivity contribution in [2.75, 3.05) is 11.9 Å². The average Bonchev–Trinajstić information content (AvgIpc) is 2.96. The van der Waals surface area contributed by atoms with E-state index in [1.54, 1.807) is 0 Å². The zero-order valence-corrected chi connectivity index (χ0v) is 12.9. The summed E-state index contributed by atoms with van der Waals surface area (Å²) in [5.41, 5.74) is 5.96. The summed E-state index contributed by atoms with van der Waals surface area (Å²) in [6.07, 6.45) is 9.44. The van der Waals surface area contributed by atoms with Gasteiger partial charge < -0.3 is 5.32 Å². The minimum Gasteiger partial charge on any atom is -0.384 e. The van der Waals surface area contributed by atoms with Crippen LogP contribution >= 0.6 is 0 Å². The first-order valence-corrected chi connectivity index (χ1v) is 8.46. The second-order valence-electron chi connectivity index (χ2n) is 6.84. The molecule has 0 bridgehead atoms. The lowest BCUT2D eigenvalue weighted by atomic mass is 9.71. The molecule has 1 fully saturated rings. The first kappa shape index (κ1) is 13.1. The van der Waals surface area contributed by atoms with E-state index in [1.165, 1.54) is 67.3 Å². The van der Waals surface area contributed by atoms with E-state index in [4.69, 9.17) is 4.98 Å². The van der Waals surface area contributed by atoms with Crippen LogP contribution in [-0.4, -0.2) is 11.5 Å². The number of rotatable bonds is 2. The van der Waals surface area contributed by atoms with Crippen LogP contribution < -0.4 is 5.32 Å². The summed E-state index contributed by atoms with van der Waals surface area (Å²) in [6.45, 7) is 3.17. The van der Waals surface area contributed by atoms with Crippen LogP contribution in [0.5, 0.6) is 0 Å². The lowest BCUT2D eigenvalue weighted by Crippen LogP contribution is -2.27. The normalized spacial score (nSPS) is 19.9. The SMILES string of the molecule is CCNc1c2c(nc3ccccc13)CCC1(CCCC1)C2. The molecule has 2 heteroatoms. The van der Waals surface area contributed by atoms with Gasteiger partial charge in [-0.3, -0.25) is 4.98 Å². The molecule has 0 unspecified atom stereocenters. The van der Waals surface area contributed by atoms with Crippen LogP contribution in [0.15, 0.2) is 24.3 Å². The number of fused-ring (bicyclic) bond motifs is 2. The number of nitrogens with one attached hydrogen (secondary N) is 1. The summed E-state index contributed by atoms with van der Waals surface area (Å²) in [4.78, 5) is 4.97. The number of anilines is 1. The molecule has 2 aromatic rings. The van der Waals surface area contributed by atoms with Crippen molar-refractivity contribution in [1.29, 1.82) is 0 Å². The summed E-state index contributed by atoms with van der Waals surface area (Å²) in [5, 5.41) is 4.94. The van der Waals surface area contributed by atoms with Gasteiger partial charge in [0.25, 0.3) is 0 Å². The van der Waals surface area contributed by atoms with Gasteiger partial charge in [0.2, 0.25) is 0 Å². The minimum atomic E-state index is 0.585. The zero-order valence-electron chi connectivity index (χ0n) is 12.9. The van der Waals surface area contributed by atoms with Crippen molar-refractivity contribution in [3.05, 3.63) is 35.5 Å². The van der Waals surface area contributed by atoms with Crippen molar-refractivity contribution in [3.8, 4) is 0 Å². The van der Waals surface area contributed by atoms with E-state index in [-0.39, 0.29) is 0 Å². The van der Waals surface area contributed by atoms with Crippen molar-refractivity contribution in [1.82, 2.24) is 4.98 Å². The summed E-state index contributed by atoms with van der Waals surface area (Å²) in [7, 11) is 0. The van der Waals surface area contributed by atoms with Crippen LogP contribution in [0.4, 0.5) is 5.69 Å². The third-order valence-corrected chi connectivity index (χ3v) is 5.54. The molecule has 2 nitrogen and oxygen atoms in total. The van der Waals surface area contributed by atoms with Crippen molar-refractivity contribution >= 4 is 16.6 Å². The van der Waals surface area contributed by atoms with E-state index >= 15 is 0 Å². The van der Waals surface area contributed by atoms with Gasteiger partial charge in [0.15, 0.2) is 0 Å². The Bertz CT molecular complexity index is 669. The van der Waals surface area contributed by atoms with Crippen LogP contribution in [0, 0.1) is 5.41 Å². The highest BCUT2D eigenvalue weighted by Crippen LogP contribution is 2.49. The van der Waals surface area contributed by atoms with Gasteiger partial charge in [-0.1, -0.05) is 31.0 Å². The Hall–Kier alpha value is -1.57. The van der Waals surface area contributed by atoms with E-state index in [0.29, 0.717) is 5.41 Å². The quantitative estimate of drug-likeness (QED) is 0.861. The second-order valence-corrected chi connectivity index (χ2v) is 6.84. The topological polar surface area (TPSA) is 24.9 Å². The van der Waals surface area contributed by atoms with Crippen molar-refractivity contribution in [2.24, 2.45) is 5.41 Å². The molecule has 2 aliphatic rings. The average molecular weight is 280 g/mol. The number of benzene rings is 1. The zero-order chi connectivity index (χ0) is 14.3. The molecule has 2 aliphatic carbocycles. The highest BCUT2D eigenvalue weighted by Gasteiger charge is 2.38. The lowest BCUT2D eigenvalue weighted by molar-refractivity contribution is 0.253. The fraction of sp³-hybridized carbons (Fsp3) is 0.526. The van der Waals surface area contributed by atoms with Gasteiger partial charge in [-0.05, 0) is 56.1 Å². The standard InChI is InChI=1S/C19H24N2/c1-2-20-18-14-7-3-4-8-16(14)21-17-9-12-19(13-15(17)18)10-5-6-11-19/h3-4,7-8H,2,5-6,9-13H2,1H3,(H,20,21). The molecule has 1 spiro atoms. The van der Waals surface area contributed by atoms with Crippen LogP contribution in [0.25, 0.3) is 10.9 Å². The maximum atomic E-state index is 4.97. The van der Waals surface area contributed by atoms with Gasteiger partial charge in [0.1, 0.15) is 0 Å². The van der Waals surface area contributed by atoms with Gasteiger partial charge in [0.05, 0.1) is 5.52 Å². The fourth-order valence-corrected chi connectivity index (χ4v) is 4.48. The molecule has 21 heavy (non-hydrogen) atoms. The highest BCUT2D eigenvalue weighted by atomic mass is 14.9. The number of pyridine rings is 1. The molecule has 0 aliphatic heterocycles. The van der Waals surface area contributed by atoms with Gasteiger partial charge in [-0.25, -0.2) is 0 Å². The summed E-state index contributed by atoms with van der Waals surface area (Å²) < 4.78 is 0. The first-order valence-electron chi connectivity index (χ1n) is 8.46. The van der Waals surface area contributed by atoms with Crippen molar-refractivity contribution < 1.29 is 0 Å². The predicted octanol–water partition coefficient (Wildman–Crippen LogP) is 4.72. The number of hydrogen-bond acceptors (Lipinski definition) is 2. The predicted molar refractivity (Wildman–Crippen MR) is 88.8 cm³/mol. The molecule has 1 saturated carbocycles. The van der Waals surface area contributed by atoms with E-state index in [1.807, 2.05) is 0 Å². The molecule has 1 heterocycles. The second kappa shape index (κ2) is 5.01. The number of nitrogens with zero attached hydrogens (tertiary/aromatic N) is 1. The van der Waals surface area contributed by atoms with Crippen LogP contribution in [0.3, 0.4) is 0 Å². The van der Waals surface area contributed by atoms with Gasteiger partial charge in [-0.2, -0.15) is 0 Å². The Morgan fingerprint density at radius 3 is 2.76 bits per heavy atom. The van der Waals surface area contributed by atoms with Crippen molar-refractivity contribution in [3.63, 3.8) is 0 Å². The van der Waals surface area contributed by atoms with E-state index < -0.39 is 0 Å². The van der Waals surface area contributed by atoms with Gasteiger partial charge >= 0.3 is 0 Å². The third kappa shape index (κ3) is 2.12. The Balaban J connectivity index is 1.88. The molecule has 110 valence electrons. The summed E-state index contributed by atoms with van der Waals surface area (Å²) in [5.74, 6) is 0. The monoisotopic (exact) mass is 280 g/mol. The Labute approximate surface area is 127 Å². The van der Waals surface area contributed by atoms with E-state index in [9.17, 15) is 0 Å². The van der Waals surface area contributed by atoms with Crippen LogP contribution in [-0.2, 0) is 12.8 Å². The molecule has 0 amide bonds. The highest BCUT2D eigenvalue weighted by molar-refractivity contribution is 5.93. The maximum absolute atomic E-state index is 4.97. The van der Waals surface area contributed by atoms with E-state index in [2.05, 4.69) is 36.5 Å². The third-order valence-electron chi connectivity index (χ3n) is 5.54. The molecule has 0 saturated heterocycles. The molecule has 1 N–H and O–H groups in total. The molecule has 1 aromatic heterocycles. The minimum absolute atomic E-state index is 0.585. The van der Waals surface area contributed by atoms with Crippen LogP contribution in [0.2, 0.25) is 0 Å². The molecule has 1 aromatic carbocycles. The molecule has 0 atom stereocenters. The maximum Gasteiger partial charge on any atom is 0.0726 e. The van der Waals surface area contributed by atoms with Crippen molar-refractivity contribution in [2.45, 2.75) is 51.9 Å². The largest absolute Gasteiger partial charge is 0.384 e. The lowest BCUT2D eigenvalue weighted by Gasteiger charge is -2.35. The van der Waals surface area contributed by atoms with Crippen LogP contribution in [0.1, 0.15) is 50.3 Å².